The molecule has 0 radical (unpaired) electrons. The monoisotopic (exact) mass is 262 g/mol. The Morgan fingerprint density at radius 2 is 1.95 bits per heavy atom. The molecule has 2 rings (SSSR count). The lowest BCUT2D eigenvalue weighted by Crippen LogP contribution is -2.48. The zero-order valence-electron chi connectivity index (χ0n) is 12.0. The molecule has 0 aromatic carbocycles. The van der Waals surface area contributed by atoms with Crippen LogP contribution in [0.25, 0.3) is 0 Å². The van der Waals surface area contributed by atoms with E-state index in [1.54, 1.807) is 0 Å². The van der Waals surface area contributed by atoms with E-state index >= 15 is 0 Å². The first-order valence-corrected chi connectivity index (χ1v) is 7.32. The Labute approximate surface area is 116 Å². The van der Waals surface area contributed by atoms with Crippen molar-refractivity contribution in [3.05, 3.63) is 30.1 Å². The minimum Gasteiger partial charge on any atom is -0.330 e. The summed E-state index contributed by atoms with van der Waals surface area (Å²) in [5.74, 6) is 0.611. The van der Waals surface area contributed by atoms with Gasteiger partial charge < -0.3 is 15.5 Å². The number of hydrogen-bond acceptors (Lipinski definition) is 4. The number of pyridine rings is 1. The molecule has 1 saturated heterocycles. The SMILES string of the molecule is CC(CN)CN1CCN(CCc2ccccn2)CC1. The van der Waals surface area contributed by atoms with Crippen LogP contribution in [0.2, 0.25) is 0 Å². The number of piperazine rings is 1. The molecule has 0 saturated carbocycles. The van der Waals surface area contributed by atoms with Crippen molar-refractivity contribution in [3.63, 3.8) is 0 Å². The van der Waals surface area contributed by atoms with Gasteiger partial charge in [-0.15, -0.1) is 0 Å². The Hall–Kier alpha value is -0.970. The van der Waals surface area contributed by atoms with E-state index in [1.165, 1.54) is 31.9 Å². The number of hydrogen-bond donors (Lipinski definition) is 1. The standard InChI is InChI=1S/C15H26N4/c1-14(12-16)13-19-10-8-18(9-11-19)7-5-15-4-2-3-6-17-15/h2-4,6,14H,5,7-13,16H2,1H3. The van der Waals surface area contributed by atoms with Gasteiger partial charge in [0.05, 0.1) is 0 Å². The molecule has 1 aliphatic heterocycles. The topological polar surface area (TPSA) is 45.4 Å². The van der Waals surface area contributed by atoms with Crippen molar-refractivity contribution >= 4 is 0 Å². The molecule has 1 fully saturated rings. The van der Waals surface area contributed by atoms with E-state index < -0.39 is 0 Å². The summed E-state index contributed by atoms with van der Waals surface area (Å²) in [6.07, 6.45) is 2.93. The highest BCUT2D eigenvalue weighted by atomic mass is 15.3. The van der Waals surface area contributed by atoms with Gasteiger partial charge in [0.2, 0.25) is 0 Å². The highest BCUT2D eigenvalue weighted by Crippen LogP contribution is 2.06. The van der Waals surface area contributed by atoms with E-state index in [0.717, 1.165) is 26.1 Å². The average molecular weight is 262 g/mol. The summed E-state index contributed by atoms with van der Waals surface area (Å²) < 4.78 is 0. The summed E-state index contributed by atoms with van der Waals surface area (Å²) in [6.45, 7) is 9.97. The van der Waals surface area contributed by atoms with Crippen molar-refractivity contribution in [3.8, 4) is 0 Å². The third kappa shape index (κ3) is 4.90. The summed E-state index contributed by atoms with van der Waals surface area (Å²) in [7, 11) is 0. The first kappa shape index (κ1) is 14.4. The summed E-state index contributed by atoms with van der Waals surface area (Å²) >= 11 is 0. The maximum Gasteiger partial charge on any atom is 0.0416 e. The van der Waals surface area contributed by atoms with Gasteiger partial charge in [-0.2, -0.15) is 0 Å². The van der Waals surface area contributed by atoms with Crippen molar-refractivity contribution in [2.45, 2.75) is 13.3 Å². The normalized spacial score (nSPS) is 19.5. The molecular weight excluding hydrogens is 236 g/mol. The highest BCUT2D eigenvalue weighted by Gasteiger charge is 2.17. The number of nitrogens with two attached hydrogens (primary N) is 1. The fourth-order valence-electron chi connectivity index (χ4n) is 2.53. The maximum atomic E-state index is 5.68. The van der Waals surface area contributed by atoms with Crippen LogP contribution in [0.3, 0.4) is 0 Å². The quantitative estimate of drug-likeness (QED) is 0.825. The summed E-state index contributed by atoms with van der Waals surface area (Å²) in [4.78, 5) is 9.45. The first-order valence-electron chi connectivity index (χ1n) is 7.32. The van der Waals surface area contributed by atoms with Gasteiger partial charge in [-0.1, -0.05) is 13.0 Å². The van der Waals surface area contributed by atoms with E-state index in [0.29, 0.717) is 5.92 Å². The number of aromatic nitrogens is 1. The van der Waals surface area contributed by atoms with Crippen LogP contribution < -0.4 is 5.73 Å². The van der Waals surface area contributed by atoms with Crippen molar-refractivity contribution in [1.82, 2.24) is 14.8 Å². The summed E-state index contributed by atoms with van der Waals surface area (Å²) in [5, 5.41) is 0. The van der Waals surface area contributed by atoms with Crippen LogP contribution >= 0.6 is 0 Å². The molecule has 19 heavy (non-hydrogen) atoms. The van der Waals surface area contributed by atoms with Crippen molar-refractivity contribution in [2.24, 2.45) is 11.7 Å². The second kappa shape index (κ2) is 7.58. The molecule has 0 bridgehead atoms. The molecule has 0 aliphatic carbocycles. The third-order valence-electron chi connectivity index (χ3n) is 3.85. The molecule has 4 nitrogen and oxygen atoms in total. The molecule has 106 valence electrons. The van der Waals surface area contributed by atoms with E-state index in [-0.39, 0.29) is 0 Å². The average Bonchev–Trinajstić information content (AvgIpc) is 2.47. The van der Waals surface area contributed by atoms with Crippen LogP contribution in [0.5, 0.6) is 0 Å². The van der Waals surface area contributed by atoms with Gasteiger partial charge in [-0.05, 0) is 24.6 Å². The van der Waals surface area contributed by atoms with E-state index in [4.69, 9.17) is 5.73 Å². The van der Waals surface area contributed by atoms with E-state index in [9.17, 15) is 0 Å². The molecule has 1 unspecified atom stereocenters. The molecule has 1 atom stereocenters. The number of rotatable bonds is 6. The Balaban J connectivity index is 1.66. The van der Waals surface area contributed by atoms with Gasteiger partial charge in [0.1, 0.15) is 0 Å². The lowest BCUT2D eigenvalue weighted by atomic mass is 10.1. The van der Waals surface area contributed by atoms with Gasteiger partial charge >= 0.3 is 0 Å². The van der Waals surface area contributed by atoms with Gasteiger partial charge in [0.25, 0.3) is 0 Å². The smallest absolute Gasteiger partial charge is 0.0416 e. The van der Waals surface area contributed by atoms with E-state index in [2.05, 4.69) is 33.8 Å². The molecular formula is C15H26N4. The van der Waals surface area contributed by atoms with E-state index in [1.807, 2.05) is 12.3 Å². The predicted octanol–water partition coefficient (Wildman–Crippen LogP) is 0.837. The van der Waals surface area contributed by atoms with Gasteiger partial charge in [0, 0.05) is 57.6 Å². The van der Waals surface area contributed by atoms with Crippen LogP contribution in [-0.4, -0.2) is 60.6 Å². The van der Waals surface area contributed by atoms with Gasteiger partial charge in [-0.3, -0.25) is 4.98 Å². The number of nitrogens with zero attached hydrogens (tertiary/aromatic N) is 3. The Bertz CT molecular complexity index is 346. The fraction of sp³-hybridized carbons (Fsp3) is 0.667. The van der Waals surface area contributed by atoms with Crippen LogP contribution in [0, 0.1) is 5.92 Å². The second-order valence-electron chi connectivity index (χ2n) is 5.55. The highest BCUT2D eigenvalue weighted by molar-refractivity contribution is 5.03. The predicted molar refractivity (Wildman–Crippen MR) is 79.0 cm³/mol. The minimum absolute atomic E-state index is 0.611. The van der Waals surface area contributed by atoms with Crippen LogP contribution in [0.15, 0.2) is 24.4 Å². The lowest BCUT2D eigenvalue weighted by molar-refractivity contribution is 0.122. The molecule has 1 aromatic rings. The van der Waals surface area contributed by atoms with Gasteiger partial charge in [-0.25, -0.2) is 0 Å². The minimum atomic E-state index is 0.611. The largest absolute Gasteiger partial charge is 0.330 e. The molecule has 1 aliphatic rings. The lowest BCUT2D eigenvalue weighted by Gasteiger charge is -2.35. The molecule has 2 heterocycles. The van der Waals surface area contributed by atoms with Crippen molar-refractivity contribution in [2.75, 3.05) is 45.8 Å². The molecule has 2 N–H and O–H groups in total. The maximum absolute atomic E-state index is 5.68. The summed E-state index contributed by atoms with van der Waals surface area (Å²) in [6, 6.07) is 6.15. The molecule has 0 spiro atoms. The Morgan fingerprint density at radius 1 is 1.21 bits per heavy atom. The molecule has 0 amide bonds. The van der Waals surface area contributed by atoms with Crippen LogP contribution in [-0.2, 0) is 6.42 Å². The Kier molecular flexibility index (Phi) is 5.76. The zero-order valence-corrected chi connectivity index (χ0v) is 12.0. The molecule has 4 heteroatoms. The first-order chi connectivity index (χ1) is 9.28. The zero-order chi connectivity index (χ0) is 13.5. The Morgan fingerprint density at radius 3 is 2.58 bits per heavy atom. The van der Waals surface area contributed by atoms with Gasteiger partial charge in [0.15, 0.2) is 0 Å². The molecule has 1 aromatic heterocycles. The second-order valence-corrected chi connectivity index (χ2v) is 5.55. The van der Waals surface area contributed by atoms with Crippen LogP contribution in [0.1, 0.15) is 12.6 Å². The van der Waals surface area contributed by atoms with Crippen molar-refractivity contribution in [1.29, 1.82) is 0 Å². The fourth-order valence-corrected chi connectivity index (χ4v) is 2.53. The van der Waals surface area contributed by atoms with Crippen molar-refractivity contribution < 1.29 is 0 Å². The summed E-state index contributed by atoms with van der Waals surface area (Å²) in [5.41, 5.74) is 6.88. The third-order valence-corrected chi connectivity index (χ3v) is 3.85. The van der Waals surface area contributed by atoms with Crippen LogP contribution in [0.4, 0.5) is 0 Å².